The van der Waals surface area contributed by atoms with Gasteiger partial charge in [0, 0.05) is 54.2 Å². The number of piperazine rings is 1. The number of carboxylic acids is 1. The molecule has 55 heavy (non-hydrogen) atoms. The first-order valence-electron chi connectivity index (χ1n) is 18.7. The summed E-state index contributed by atoms with van der Waals surface area (Å²) in [6.07, 6.45) is 1.80. The van der Waals surface area contributed by atoms with Gasteiger partial charge in [0.1, 0.15) is 11.5 Å². The van der Waals surface area contributed by atoms with Gasteiger partial charge in [-0.3, -0.25) is 0 Å². The van der Waals surface area contributed by atoms with Crippen LogP contribution in [0.15, 0.2) is 170 Å². The molecule has 0 saturated carbocycles. The lowest BCUT2D eigenvalue weighted by atomic mass is 9.80. The van der Waals surface area contributed by atoms with Gasteiger partial charge < -0.3 is 24.4 Å². The van der Waals surface area contributed by atoms with Crippen LogP contribution in [0.1, 0.15) is 16.7 Å². The molecule has 2 aliphatic heterocycles. The SMILES string of the molecule is COc1ccc(N2CCN(c3ccc(C4(c5ccccc5)C=C(C(=O)O)c5c(ccc6c(-c7ccc(-c8ccccc8)cc7)cccc56)O4)cc3)CC2)cc1. The topological polar surface area (TPSA) is 62.2 Å². The van der Waals surface area contributed by atoms with E-state index in [2.05, 4.69) is 94.7 Å². The van der Waals surface area contributed by atoms with E-state index in [9.17, 15) is 9.90 Å². The fourth-order valence-corrected chi connectivity index (χ4v) is 8.14. The number of benzene rings is 7. The van der Waals surface area contributed by atoms with Crippen LogP contribution < -0.4 is 19.3 Å². The monoisotopic (exact) mass is 720 g/mol. The molecule has 1 atom stereocenters. The standard InChI is InChI=1S/C49H40N2O4/c1-54-41-25-23-40(24-26-41)51-31-29-50(30-32-51)39-21-19-38(20-22-39)49(37-11-6-3-7-12-37)33-45(48(52)53)47-44-14-8-13-42(43(44)27-28-46(47)55-49)36-17-15-35(16-18-36)34-9-4-2-5-10-34/h2-28,33H,29-32H2,1H3,(H,52,53). The van der Waals surface area contributed by atoms with Crippen molar-refractivity contribution >= 4 is 33.7 Å². The van der Waals surface area contributed by atoms with Crippen LogP contribution in [0.4, 0.5) is 11.4 Å². The molecule has 0 radical (unpaired) electrons. The summed E-state index contributed by atoms with van der Waals surface area (Å²) < 4.78 is 12.4. The second-order valence-corrected chi connectivity index (χ2v) is 14.1. The Labute approximate surface area is 321 Å². The Morgan fingerprint density at radius 1 is 0.582 bits per heavy atom. The van der Waals surface area contributed by atoms with Gasteiger partial charge in [0.05, 0.1) is 12.7 Å². The number of hydrogen-bond donors (Lipinski definition) is 1. The minimum absolute atomic E-state index is 0.214. The van der Waals surface area contributed by atoms with E-state index in [1.165, 1.54) is 5.69 Å². The Morgan fingerprint density at radius 3 is 1.76 bits per heavy atom. The third-order valence-electron chi connectivity index (χ3n) is 11.0. The maximum Gasteiger partial charge on any atom is 0.336 e. The molecule has 2 heterocycles. The van der Waals surface area contributed by atoms with Crippen molar-refractivity contribution in [3.8, 4) is 33.8 Å². The van der Waals surface area contributed by atoms with Crippen molar-refractivity contribution in [1.29, 1.82) is 0 Å². The molecule has 0 aromatic heterocycles. The summed E-state index contributed by atoms with van der Waals surface area (Å²) in [7, 11) is 1.69. The molecular weight excluding hydrogens is 681 g/mol. The number of nitrogens with zero attached hydrogens (tertiary/aromatic N) is 2. The van der Waals surface area contributed by atoms with Crippen LogP contribution >= 0.6 is 0 Å². The van der Waals surface area contributed by atoms with E-state index >= 15 is 0 Å². The highest BCUT2D eigenvalue weighted by atomic mass is 16.5. The van der Waals surface area contributed by atoms with Crippen molar-refractivity contribution in [2.75, 3.05) is 43.1 Å². The van der Waals surface area contributed by atoms with Crippen molar-refractivity contribution in [2.24, 2.45) is 0 Å². The molecule has 6 heteroatoms. The highest BCUT2D eigenvalue weighted by Gasteiger charge is 2.41. The largest absolute Gasteiger partial charge is 0.497 e. The highest BCUT2D eigenvalue weighted by molar-refractivity contribution is 6.22. The number of carbonyl (C=O) groups is 1. The lowest BCUT2D eigenvalue weighted by molar-refractivity contribution is -0.130. The lowest BCUT2D eigenvalue weighted by Crippen LogP contribution is -2.46. The third-order valence-corrected chi connectivity index (χ3v) is 11.0. The van der Waals surface area contributed by atoms with E-state index in [4.69, 9.17) is 9.47 Å². The van der Waals surface area contributed by atoms with E-state index in [1.54, 1.807) is 13.2 Å². The molecule has 9 rings (SSSR count). The van der Waals surface area contributed by atoms with Crippen molar-refractivity contribution in [2.45, 2.75) is 5.60 Å². The number of anilines is 2. The molecule has 0 aliphatic carbocycles. The molecule has 1 fully saturated rings. The van der Waals surface area contributed by atoms with Gasteiger partial charge in [-0.05, 0) is 81.6 Å². The molecule has 1 unspecified atom stereocenters. The third kappa shape index (κ3) is 6.25. The Balaban J connectivity index is 1.06. The van der Waals surface area contributed by atoms with Gasteiger partial charge in [-0.1, -0.05) is 121 Å². The van der Waals surface area contributed by atoms with E-state index in [0.717, 1.165) is 81.8 Å². The average molecular weight is 721 g/mol. The van der Waals surface area contributed by atoms with E-state index in [0.29, 0.717) is 11.3 Å². The van der Waals surface area contributed by atoms with Crippen LogP contribution in [0, 0.1) is 0 Å². The Hall–Kier alpha value is -6.79. The quantitative estimate of drug-likeness (QED) is 0.169. The lowest BCUT2D eigenvalue weighted by Gasteiger charge is -2.39. The van der Waals surface area contributed by atoms with Crippen LogP contribution in [-0.2, 0) is 10.4 Å². The normalized spacial score (nSPS) is 16.6. The summed E-state index contributed by atoms with van der Waals surface area (Å²) in [4.78, 5) is 18.1. The fraction of sp³-hybridized carbons (Fsp3) is 0.122. The number of ether oxygens (including phenoxy) is 2. The van der Waals surface area contributed by atoms with Crippen LogP contribution in [0.5, 0.6) is 11.5 Å². The summed E-state index contributed by atoms with van der Waals surface area (Å²) in [5.41, 5.74) is 8.06. The minimum Gasteiger partial charge on any atom is -0.497 e. The van der Waals surface area contributed by atoms with Crippen molar-refractivity contribution < 1.29 is 19.4 Å². The van der Waals surface area contributed by atoms with Crippen molar-refractivity contribution in [3.63, 3.8) is 0 Å². The molecular formula is C49H40N2O4. The number of methoxy groups -OCH3 is 1. The molecule has 0 spiro atoms. The number of rotatable bonds is 8. The summed E-state index contributed by atoms with van der Waals surface area (Å²) in [6, 6.07) is 55.5. The number of aliphatic carboxylic acids is 1. The highest BCUT2D eigenvalue weighted by Crippen LogP contribution is 2.48. The van der Waals surface area contributed by atoms with Gasteiger partial charge >= 0.3 is 5.97 Å². The first-order valence-corrected chi connectivity index (χ1v) is 18.7. The van der Waals surface area contributed by atoms with Crippen LogP contribution in [-0.4, -0.2) is 44.4 Å². The fourth-order valence-electron chi connectivity index (χ4n) is 8.14. The zero-order valence-electron chi connectivity index (χ0n) is 30.6. The maximum absolute atomic E-state index is 13.3. The van der Waals surface area contributed by atoms with Crippen LogP contribution in [0.3, 0.4) is 0 Å². The van der Waals surface area contributed by atoms with E-state index in [1.807, 2.05) is 78.9 Å². The molecule has 1 saturated heterocycles. The number of carboxylic acid groups (broad SMARTS) is 1. The van der Waals surface area contributed by atoms with Gasteiger partial charge in [-0.15, -0.1) is 0 Å². The van der Waals surface area contributed by atoms with Gasteiger partial charge in [-0.25, -0.2) is 4.79 Å². The second kappa shape index (κ2) is 14.2. The Morgan fingerprint density at radius 2 is 1.15 bits per heavy atom. The van der Waals surface area contributed by atoms with Crippen LogP contribution in [0.25, 0.3) is 38.6 Å². The first kappa shape index (κ1) is 34.0. The van der Waals surface area contributed by atoms with Gasteiger partial charge in [0.2, 0.25) is 0 Å². The summed E-state index contributed by atoms with van der Waals surface area (Å²) in [5, 5.41) is 12.7. The smallest absolute Gasteiger partial charge is 0.336 e. The molecule has 2 aliphatic rings. The van der Waals surface area contributed by atoms with Crippen molar-refractivity contribution in [3.05, 3.63) is 187 Å². The van der Waals surface area contributed by atoms with E-state index < -0.39 is 11.6 Å². The summed E-state index contributed by atoms with van der Waals surface area (Å²) in [6.45, 7) is 3.57. The predicted octanol–water partition coefficient (Wildman–Crippen LogP) is 10.3. The Bertz CT molecular complexity index is 2510. The maximum atomic E-state index is 13.3. The van der Waals surface area contributed by atoms with Gasteiger partial charge in [-0.2, -0.15) is 0 Å². The zero-order chi connectivity index (χ0) is 37.4. The molecule has 0 bridgehead atoms. The second-order valence-electron chi connectivity index (χ2n) is 14.1. The molecule has 0 amide bonds. The summed E-state index contributed by atoms with van der Waals surface area (Å²) >= 11 is 0. The molecule has 6 nitrogen and oxygen atoms in total. The van der Waals surface area contributed by atoms with Crippen molar-refractivity contribution in [1.82, 2.24) is 0 Å². The van der Waals surface area contributed by atoms with E-state index in [-0.39, 0.29) is 5.57 Å². The number of hydrogen-bond acceptors (Lipinski definition) is 5. The summed E-state index contributed by atoms with van der Waals surface area (Å²) in [5.74, 6) is 0.392. The molecule has 270 valence electrons. The average Bonchev–Trinajstić information content (AvgIpc) is 3.26. The molecule has 7 aromatic carbocycles. The van der Waals surface area contributed by atoms with Gasteiger partial charge in [0.25, 0.3) is 0 Å². The molecule has 1 N–H and O–H groups in total. The predicted molar refractivity (Wildman–Crippen MR) is 222 cm³/mol. The molecule has 7 aromatic rings. The van der Waals surface area contributed by atoms with Gasteiger partial charge in [0.15, 0.2) is 5.60 Å². The van der Waals surface area contributed by atoms with Crippen LogP contribution in [0.2, 0.25) is 0 Å². The zero-order valence-corrected chi connectivity index (χ0v) is 30.6. The number of fused-ring (bicyclic) bond motifs is 3. The Kier molecular flexibility index (Phi) is 8.79. The minimum atomic E-state index is -1.16. The first-order chi connectivity index (χ1) is 27.0.